The zero-order valence-corrected chi connectivity index (χ0v) is 17.2. The van der Waals surface area contributed by atoms with Crippen molar-refractivity contribution in [3.05, 3.63) is 0 Å². The largest absolute Gasteiger partial charge is 0.480 e. The predicted molar refractivity (Wildman–Crippen MR) is 106 cm³/mol. The molecule has 30 heavy (non-hydrogen) atoms. The summed E-state index contributed by atoms with van der Waals surface area (Å²) in [5.74, 6) is -4.53. The van der Waals surface area contributed by atoms with Gasteiger partial charge < -0.3 is 32.1 Å². The van der Waals surface area contributed by atoms with Crippen LogP contribution in [-0.2, 0) is 24.0 Å². The Hall–Kier alpha value is -2.53. The van der Waals surface area contributed by atoms with Crippen molar-refractivity contribution in [3.8, 4) is 0 Å². The third-order valence-electron chi connectivity index (χ3n) is 6.34. The minimum atomic E-state index is -2.13. The van der Waals surface area contributed by atoms with Crippen molar-refractivity contribution < 1.29 is 29.1 Å². The zero-order valence-electron chi connectivity index (χ0n) is 17.2. The fraction of sp³-hybridized carbons (Fsp3) is 0.737. The molecular formula is C19H31N5O6. The quantitative estimate of drug-likeness (QED) is 0.322. The van der Waals surface area contributed by atoms with Crippen molar-refractivity contribution in [2.24, 2.45) is 29.0 Å². The van der Waals surface area contributed by atoms with Crippen LogP contribution in [0.15, 0.2) is 0 Å². The molecule has 1 aliphatic carbocycles. The third-order valence-corrected chi connectivity index (χ3v) is 6.34. The molecule has 0 aromatic rings. The summed E-state index contributed by atoms with van der Waals surface area (Å²) in [5, 5.41) is 9.16. The highest BCUT2D eigenvalue weighted by atomic mass is 16.4. The highest BCUT2D eigenvalue weighted by molar-refractivity contribution is 6.14. The van der Waals surface area contributed by atoms with Gasteiger partial charge in [-0.15, -0.1) is 0 Å². The number of nitrogens with two attached hydrogens (primary N) is 3. The monoisotopic (exact) mass is 425 g/mol. The van der Waals surface area contributed by atoms with E-state index in [1.54, 1.807) is 0 Å². The number of carboxylic acids is 1. The van der Waals surface area contributed by atoms with Gasteiger partial charge in [0.25, 0.3) is 11.8 Å². The summed E-state index contributed by atoms with van der Waals surface area (Å²) in [5.41, 5.74) is 14.7. The lowest BCUT2D eigenvalue weighted by molar-refractivity contribution is -0.177. The van der Waals surface area contributed by atoms with E-state index >= 15 is 0 Å². The lowest BCUT2D eigenvalue weighted by Crippen LogP contribution is -2.77. The molecular weight excluding hydrogens is 394 g/mol. The Morgan fingerprint density at radius 2 is 1.73 bits per heavy atom. The smallest absolute Gasteiger partial charge is 0.323 e. The average molecular weight is 425 g/mol. The number of carbonyl (C=O) groups excluding carboxylic acids is 4. The molecule has 1 aliphatic heterocycles. The Bertz CT molecular complexity index is 720. The second-order valence-corrected chi connectivity index (χ2v) is 8.01. The van der Waals surface area contributed by atoms with Gasteiger partial charge in [0.15, 0.2) is 5.78 Å². The van der Waals surface area contributed by atoms with Crippen LogP contribution in [0.1, 0.15) is 39.0 Å². The van der Waals surface area contributed by atoms with E-state index in [0.29, 0.717) is 25.3 Å². The summed E-state index contributed by atoms with van der Waals surface area (Å²) in [6.07, 6.45) is 2.31. The summed E-state index contributed by atoms with van der Waals surface area (Å²) in [6.45, 7) is 0.526. The van der Waals surface area contributed by atoms with E-state index in [2.05, 4.69) is 0 Å². The number of Topliss-reactive ketones (excluding diaryl/α,β-unsaturated/α-hetero) is 1. The Kier molecular flexibility index (Phi) is 7.54. The van der Waals surface area contributed by atoms with Crippen LogP contribution in [0.5, 0.6) is 0 Å². The Morgan fingerprint density at radius 3 is 2.17 bits per heavy atom. The van der Waals surface area contributed by atoms with E-state index in [1.807, 2.05) is 0 Å². The topological polar surface area (TPSA) is 190 Å². The van der Waals surface area contributed by atoms with E-state index in [0.717, 1.165) is 22.6 Å². The van der Waals surface area contributed by atoms with E-state index in [4.69, 9.17) is 22.3 Å². The second kappa shape index (κ2) is 9.52. The molecule has 2 rings (SSSR count). The molecule has 1 saturated heterocycles. The fourth-order valence-electron chi connectivity index (χ4n) is 4.59. The number of aliphatic carboxylic acids is 1. The number of piperazine rings is 1. The molecule has 0 aromatic carbocycles. The number of hydrogen-bond donors (Lipinski definition) is 4. The van der Waals surface area contributed by atoms with Crippen molar-refractivity contribution in [1.82, 2.24) is 9.80 Å². The van der Waals surface area contributed by atoms with E-state index in [9.17, 15) is 24.0 Å². The van der Waals surface area contributed by atoms with E-state index in [-0.39, 0.29) is 13.0 Å². The minimum Gasteiger partial charge on any atom is -0.480 e. The number of primary amides is 1. The molecule has 1 heterocycles. The van der Waals surface area contributed by atoms with Crippen LogP contribution in [0.2, 0.25) is 0 Å². The Morgan fingerprint density at radius 1 is 1.13 bits per heavy atom. The maximum absolute atomic E-state index is 13.5. The molecule has 2 fully saturated rings. The first kappa shape index (κ1) is 23.7. The number of ketones is 1. The molecule has 0 aromatic heterocycles. The van der Waals surface area contributed by atoms with Crippen molar-refractivity contribution in [2.45, 2.75) is 50.6 Å². The van der Waals surface area contributed by atoms with Gasteiger partial charge >= 0.3 is 5.97 Å². The number of amides is 3. The minimum absolute atomic E-state index is 0.185. The maximum atomic E-state index is 13.5. The molecule has 2 aliphatic rings. The normalized spacial score (nSPS) is 29.6. The van der Waals surface area contributed by atoms with Crippen LogP contribution >= 0.6 is 0 Å². The highest BCUT2D eigenvalue weighted by Crippen LogP contribution is 2.36. The molecule has 1 saturated carbocycles. The van der Waals surface area contributed by atoms with E-state index < -0.39 is 60.1 Å². The van der Waals surface area contributed by atoms with Gasteiger partial charge in [-0.05, 0) is 44.6 Å². The maximum Gasteiger partial charge on any atom is 0.323 e. The van der Waals surface area contributed by atoms with Crippen LogP contribution in [-0.4, -0.2) is 82.1 Å². The van der Waals surface area contributed by atoms with Gasteiger partial charge in [0.05, 0.1) is 6.54 Å². The van der Waals surface area contributed by atoms with Crippen molar-refractivity contribution >= 4 is 29.5 Å². The van der Waals surface area contributed by atoms with Gasteiger partial charge in [-0.3, -0.25) is 24.0 Å². The fourth-order valence-corrected chi connectivity index (χ4v) is 4.59. The average Bonchev–Trinajstić information content (AvgIpc) is 2.73. The van der Waals surface area contributed by atoms with Gasteiger partial charge in [-0.1, -0.05) is 6.92 Å². The van der Waals surface area contributed by atoms with Gasteiger partial charge in [0.2, 0.25) is 11.4 Å². The lowest BCUT2D eigenvalue weighted by Gasteiger charge is -2.51. The van der Waals surface area contributed by atoms with Gasteiger partial charge in [-0.2, -0.15) is 0 Å². The summed E-state index contributed by atoms with van der Waals surface area (Å²) >= 11 is 0. The molecule has 0 spiro atoms. The SMILES string of the molecule is CCC1(C(N)=O)C(=O)N(CC(=O)O)CC(C(=O)CN)N1C(=O)C1CCC(CN)CC1. The third kappa shape index (κ3) is 4.17. The number of carbonyl (C=O) groups is 5. The molecule has 7 N–H and O–H groups in total. The predicted octanol–water partition coefficient (Wildman–Crippen LogP) is -1.96. The van der Waals surface area contributed by atoms with Crippen molar-refractivity contribution in [2.75, 3.05) is 26.2 Å². The van der Waals surface area contributed by atoms with Crippen molar-refractivity contribution in [3.63, 3.8) is 0 Å². The van der Waals surface area contributed by atoms with Crippen LogP contribution in [0.3, 0.4) is 0 Å². The number of hydrogen-bond acceptors (Lipinski definition) is 7. The Labute approximate surface area is 174 Å². The van der Waals surface area contributed by atoms with Crippen LogP contribution in [0, 0.1) is 11.8 Å². The summed E-state index contributed by atoms with van der Waals surface area (Å²) in [4.78, 5) is 65.1. The highest BCUT2D eigenvalue weighted by Gasteiger charge is 2.60. The first-order valence-electron chi connectivity index (χ1n) is 10.2. The van der Waals surface area contributed by atoms with Crippen molar-refractivity contribution in [1.29, 1.82) is 0 Å². The summed E-state index contributed by atoms with van der Waals surface area (Å²) in [7, 11) is 0. The second-order valence-electron chi connectivity index (χ2n) is 8.01. The first-order chi connectivity index (χ1) is 14.1. The number of rotatable bonds is 8. The van der Waals surface area contributed by atoms with Gasteiger partial charge in [-0.25, -0.2) is 0 Å². The first-order valence-corrected chi connectivity index (χ1v) is 10.2. The standard InChI is InChI=1S/C19H31N5O6/c1-2-19(17(22)29)18(30)23(10-15(26)27)9-13(14(25)8-21)24(19)16(28)12-5-3-11(7-20)4-6-12/h11-13H,2-10,20-21H2,1H3,(H2,22,29)(H,26,27). The van der Waals surface area contributed by atoms with E-state index in [1.165, 1.54) is 6.92 Å². The number of nitrogens with zero attached hydrogens (tertiary/aromatic N) is 2. The van der Waals surface area contributed by atoms with Crippen LogP contribution in [0.25, 0.3) is 0 Å². The zero-order chi connectivity index (χ0) is 22.6. The molecule has 0 radical (unpaired) electrons. The summed E-state index contributed by atoms with van der Waals surface area (Å²) in [6, 6.07) is -1.24. The molecule has 2 unspecified atom stereocenters. The van der Waals surface area contributed by atoms with Gasteiger partial charge in [0.1, 0.15) is 12.6 Å². The van der Waals surface area contributed by atoms with Gasteiger partial charge in [0, 0.05) is 12.5 Å². The molecule has 0 bridgehead atoms. The lowest BCUT2D eigenvalue weighted by atomic mass is 9.78. The van der Waals surface area contributed by atoms with Crippen LogP contribution in [0.4, 0.5) is 0 Å². The number of carboxylic acid groups (broad SMARTS) is 1. The summed E-state index contributed by atoms with van der Waals surface area (Å²) < 4.78 is 0. The molecule has 168 valence electrons. The van der Waals surface area contributed by atoms with Crippen LogP contribution < -0.4 is 17.2 Å². The molecule has 11 heteroatoms. The molecule has 2 atom stereocenters. The molecule has 3 amide bonds. The molecule has 11 nitrogen and oxygen atoms in total. The Balaban J connectivity index is 2.51.